The second-order valence-electron chi connectivity index (χ2n) is 15.2. The zero-order chi connectivity index (χ0) is 39.1. The second kappa shape index (κ2) is 14.7. The van der Waals surface area contributed by atoms with Crippen LogP contribution in [0.2, 0.25) is 0 Å². The van der Waals surface area contributed by atoms with Crippen molar-refractivity contribution in [3.8, 4) is 28.0 Å². The minimum atomic E-state index is -0.338. The molecule has 3 heteroatoms. The number of anilines is 5. The first-order valence-electron chi connectivity index (χ1n) is 20.3. The zero-order valence-electron chi connectivity index (χ0n) is 32.4. The molecule has 2 atom stereocenters. The third-order valence-corrected chi connectivity index (χ3v) is 11.8. The van der Waals surface area contributed by atoms with Gasteiger partial charge in [-0.3, -0.25) is 0 Å². The summed E-state index contributed by atoms with van der Waals surface area (Å²) >= 11 is 0. The second-order valence-corrected chi connectivity index (χ2v) is 15.2. The van der Waals surface area contributed by atoms with Gasteiger partial charge in [0, 0.05) is 28.1 Å². The SMILES string of the molecule is C1=C(N(c2ccccc2)c2ccccc2-c2ccccc2)C2Oc3c(N(c4ccccc4)c4ccccc4-c4ccccc4)cc4ccccc4c3C2c2ccccc21. The molecule has 11 rings (SSSR count). The maximum atomic E-state index is 7.71. The minimum absolute atomic E-state index is 0.0804. The van der Waals surface area contributed by atoms with E-state index < -0.39 is 0 Å². The van der Waals surface area contributed by atoms with Crippen LogP contribution in [0.3, 0.4) is 0 Å². The number of fused-ring (bicyclic) bond motifs is 7. The van der Waals surface area contributed by atoms with E-state index in [1.165, 1.54) is 27.5 Å². The fourth-order valence-corrected chi connectivity index (χ4v) is 9.25. The van der Waals surface area contributed by atoms with Crippen LogP contribution in [-0.2, 0) is 0 Å². The molecule has 9 aromatic rings. The molecule has 0 amide bonds. The Morgan fingerprint density at radius 2 is 0.898 bits per heavy atom. The number of benzene rings is 9. The maximum Gasteiger partial charge on any atom is 0.150 e. The molecule has 2 unspecified atom stereocenters. The fraction of sp³-hybridized carbons (Fsp3) is 0.0357. The van der Waals surface area contributed by atoms with E-state index in [0.29, 0.717) is 0 Å². The van der Waals surface area contributed by atoms with E-state index in [1.807, 2.05) is 0 Å². The molecule has 0 N–H and O–H groups in total. The van der Waals surface area contributed by atoms with Gasteiger partial charge in [0.05, 0.1) is 28.7 Å². The first kappa shape index (κ1) is 34.6. The predicted molar refractivity (Wildman–Crippen MR) is 245 cm³/mol. The molecule has 0 aromatic heterocycles. The van der Waals surface area contributed by atoms with E-state index in [2.05, 4.69) is 240 Å². The fourth-order valence-electron chi connectivity index (χ4n) is 9.25. The average Bonchev–Trinajstić information content (AvgIpc) is 3.73. The van der Waals surface area contributed by atoms with Gasteiger partial charge in [0.1, 0.15) is 5.75 Å². The molecule has 9 aromatic carbocycles. The quantitative estimate of drug-likeness (QED) is 0.154. The molecule has 1 aliphatic carbocycles. The summed E-state index contributed by atoms with van der Waals surface area (Å²) in [6, 6.07) is 80.4. The lowest BCUT2D eigenvalue weighted by Crippen LogP contribution is -2.34. The topological polar surface area (TPSA) is 15.7 Å². The largest absolute Gasteiger partial charge is 0.481 e. The van der Waals surface area contributed by atoms with E-state index in [1.54, 1.807) is 0 Å². The monoisotopic (exact) mass is 756 g/mol. The van der Waals surface area contributed by atoms with Crippen LogP contribution in [0.5, 0.6) is 5.75 Å². The summed E-state index contributed by atoms with van der Waals surface area (Å²) in [4.78, 5) is 4.84. The van der Waals surface area contributed by atoms with Gasteiger partial charge in [0.2, 0.25) is 0 Å². The zero-order valence-corrected chi connectivity index (χ0v) is 32.4. The summed E-state index contributed by atoms with van der Waals surface area (Å²) in [6.45, 7) is 0. The predicted octanol–water partition coefficient (Wildman–Crippen LogP) is 14.7. The highest BCUT2D eigenvalue weighted by Crippen LogP contribution is 2.58. The van der Waals surface area contributed by atoms with E-state index >= 15 is 0 Å². The highest BCUT2D eigenvalue weighted by atomic mass is 16.5. The lowest BCUT2D eigenvalue weighted by atomic mass is 9.78. The number of hydrogen-bond acceptors (Lipinski definition) is 3. The van der Waals surface area contributed by atoms with E-state index in [4.69, 9.17) is 4.74 Å². The van der Waals surface area contributed by atoms with Gasteiger partial charge in [-0.1, -0.05) is 182 Å². The molecule has 0 spiro atoms. The highest BCUT2D eigenvalue weighted by molar-refractivity contribution is 6.00. The number of nitrogens with zero attached hydrogens (tertiary/aromatic N) is 2. The molecule has 2 aliphatic rings. The van der Waals surface area contributed by atoms with Gasteiger partial charge in [-0.05, 0) is 81.6 Å². The Morgan fingerprint density at radius 1 is 0.407 bits per heavy atom. The standard InChI is InChI=1S/C56H40N2O/c1-5-21-39(22-6-1)45-31-17-19-35-49(45)57(43-27-9-3-10-28-43)51-37-41-25-13-15-33-47(41)53-54-48-34-16-14-26-42(48)38-52(56(54)59-55(51)53)58(44-29-11-4-12-30-44)50-36-20-18-32-46(50)40-23-7-2-8-24-40/h1-38,53,55H. The molecule has 3 nitrogen and oxygen atoms in total. The van der Waals surface area contributed by atoms with Crippen LogP contribution in [0, 0.1) is 0 Å². The van der Waals surface area contributed by atoms with Gasteiger partial charge in [0.25, 0.3) is 0 Å². The summed E-state index contributed by atoms with van der Waals surface area (Å²) in [5.74, 6) is 0.820. The van der Waals surface area contributed by atoms with Crippen LogP contribution in [0.15, 0.2) is 230 Å². The van der Waals surface area contributed by atoms with E-state index in [9.17, 15) is 0 Å². The van der Waals surface area contributed by atoms with Crippen molar-refractivity contribution in [3.63, 3.8) is 0 Å². The Balaban J connectivity index is 1.18. The number of rotatable bonds is 8. The smallest absolute Gasteiger partial charge is 0.150 e. The summed E-state index contributed by atoms with van der Waals surface area (Å²) in [7, 11) is 0. The molecule has 0 fully saturated rings. The summed E-state index contributed by atoms with van der Waals surface area (Å²) in [5, 5.41) is 2.38. The Labute approximate surface area is 345 Å². The van der Waals surface area contributed by atoms with Crippen LogP contribution in [0.25, 0.3) is 39.1 Å². The van der Waals surface area contributed by atoms with Crippen molar-refractivity contribution in [2.24, 2.45) is 0 Å². The molecule has 1 aliphatic heterocycles. The van der Waals surface area contributed by atoms with Crippen LogP contribution < -0.4 is 14.5 Å². The van der Waals surface area contributed by atoms with Crippen molar-refractivity contribution in [1.82, 2.24) is 0 Å². The van der Waals surface area contributed by atoms with Crippen molar-refractivity contribution in [2.75, 3.05) is 9.80 Å². The molecular formula is C56H40N2O. The first-order chi connectivity index (χ1) is 29.3. The number of ether oxygens (including phenoxy) is 1. The molecule has 1 heterocycles. The van der Waals surface area contributed by atoms with E-state index in [-0.39, 0.29) is 12.0 Å². The van der Waals surface area contributed by atoms with Crippen LogP contribution in [-0.4, -0.2) is 6.10 Å². The van der Waals surface area contributed by atoms with Gasteiger partial charge in [-0.2, -0.15) is 0 Å². The van der Waals surface area contributed by atoms with Crippen molar-refractivity contribution in [1.29, 1.82) is 0 Å². The Morgan fingerprint density at radius 3 is 1.54 bits per heavy atom. The van der Waals surface area contributed by atoms with Crippen molar-refractivity contribution in [3.05, 3.63) is 247 Å². The molecule has 280 valence electrons. The van der Waals surface area contributed by atoms with Crippen molar-refractivity contribution >= 4 is 45.3 Å². The third-order valence-electron chi connectivity index (χ3n) is 11.8. The van der Waals surface area contributed by atoms with Crippen LogP contribution in [0.4, 0.5) is 28.4 Å². The molecule has 0 bridgehead atoms. The Bertz CT molecular complexity index is 2980. The van der Waals surface area contributed by atoms with Crippen molar-refractivity contribution < 1.29 is 4.74 Å². The third kappa shape index (κ3) is 5.98. The minimum Gasteiger partial charge on any atom is -0.481 e. The highest BCUT2D eigenvalue weighted by Gasteiger charge is 2.46. The Hall–Kier alpha value is -7.62. The maximum absolute atomic E-state index is 7.71. The first-order valence-corrected chi connectivity index (χ1v) is 20.3. The number of hydrogen-bond donors (Lipinski definition) is 0. The van der Waals surface area contributed by atoms with Gasteiger partial charge >= 0.3 is 0 Å². The molecule has 59 heavy (non-hydrogen) atoms. The van der Waals surface area contributed by atoms with Gasteiger partial charge < -0.3 is 14.5 Å². The Kier molecular flexibility index (Phi) is 8.63. The van der Waals surface area contributed by atoms with Gasteiger partial charge in [0.15, 0.2) is 6.10 Å². The average molecular weight is 757 g/mol. The van der Waals surface area contributed by atoms with Crippen molar-refractivity contribution in [2.45, 2.75) is 12.0 Å². The van der Waals surface area contributed by atoms with Crippen LogP contribution >= 0.6 is 0 Å². The summed E-state index contributed by atoms with van der Waals surface area (Å²) in [5.41, 5.74) is 14.7. The summed E-state index contributed by atoms with van der Waals surface area (Å²) in [6.07, 6.45) is 2.02. The van der Waals surface area contributed by atoms with Gasteiger partial charge in [-0.15, -0.1) is 0 Å². The molecule has 0 saturated carbocycles. The number of para-hydroxylation sites is 4. The molecular weight excluding hydrogens is 717 g/mol. The lowest BCUT2D eigenvalue weighted by Gasteiger charge is -2.37. The van der Waals surface area contributed by atoms with E-state index in [0.717, 1.165) is 62.1 Å². The lowest BCUT2D eigenvalue weighted by molar-refractivity contribution is 0.253. The van der Waals surface area contributed by atoms with Crippen LogP contribution in [0.1, 0.15) is 22.6 Å². The summed E-state index contributed by atoms with van der Waals surface area (Å²) < 4.78 is 7.71. The normalized spacial score (nSPS) is 15.0. The molecule has 0 saturated heterocycles. The van der Waals surface area contributed by atoms with Gasteiger partial charge in [-0.25, -0.2) is 0 Å². The molecule has 0 radical (unpaired) electrons.